The second kappa shape index (κ2) is 6.01. The Morgan fingerprint density at radius 3 is 2.17 bits per heavy atom. The predicted molar refractivity (Wildman–Crippen MR) is 62.9 cm³/mol. The summed E-state index contributed by atoms with van der Waals surface area (Å²) in [6.45, 7) is 3.70. The Morgan fingerprint density at radius 2 is 1.78 bits per heavy atom. The highest BCUT2D eigenvalue weighted by Crippen LogP contribution is 2.12. The van der Waals surface area contributed by atoms with Crippen molar-refractivity contribution in [1.29, 1.82) is 0 Å². The minimum atomic E-state index is -0.952. The summed E-state index contributed by atoms with van der Waals surface area (Å²) in [5.74, 6) is -1.68. The normalized spacial score (nSPS) is 25.3. The third kappa shape index (κ3) is 3.58. The highest BCUT2D eigenvalue weighted by molar-refractivity contribution is 5.76. The minimum Gasteiger partial charge on any atom is -0.481 e. The number of carboxylic acid groups (broad SMARTS) is 1. The van der Waals surface area contributed by atoms with E-state index in [-0.39, 0.29) is 25.6 Å². The van der Waals surface area contributed by atoms with E-state index in [4.69, 9.17) is 5.11 Å². The first kappa shape index (κ1) is 14.7. The molecule has 18 heavy (non-hydrogen) atoms. The number of amides is 2. The van der Waals surface area contributed by atoms with Gasteiger partial charge in [-0.15, -0.1) is 0 Å². The van der Waals surface area contributed by atoms with E-state index in [1.54, 1.807) is 13.8 Å². The molecule has 0 bridgehead atoms. The lowest BCUT2D eigenvalue weighted by molar-refractivity contribution is -0.142. The van der Waals surface area contributed by atoms with Crippen molar-refractivity contribution in [2.75, 3.05) is 19.6 Å². The molecule has 1 aliphatic rings. The van der Waals surface area contributed by atoms with Crippen molar-refractivity contribution in [3.63, 3.8) is 0 Å². The predicted octanol–water partition coefficient (Wildman–Crippen LogP) is -0.910. The molecular formula is C11H20N2O5. The number of aliphatic hydroxyl groups is 2. The van der Waals surface area contributed by atoms with Gasteiger partial charge in [-0.3, -0.25) is 4.79 Å². The number of β-amino-alcohol motifs (C(OH)–C–C–N with tert-alkyl or cyclic N) is 2. The first-order valence-electron chi connectivity index (χ1n) is 5.94. The molecule has 0 spiro atoms. The molecule has 3 unspecified atom stereocenters. The highest BCUT2D eigenvalue weighted by atomic mass is 16.4. The number of hydrogen-bond donors (Lipinski definition) is 4. The number of rotatable bonds is 4. The van der Waals surface area contributed by atoms with Crippen LogP contribution in [0.15, 0.2) is 0 Å². The second-order valence-corrected chi connectivity index (χ2v) is 4.91. The average molecular weight is 260 g/mol. The van der Waals surface area contributed by atoms with Crippen molar-refractivity contribution in [2.45, 2.75) is 26.1 Å². The largest absolute Gasteiger partial charge is 0.481 e. The fraction of sp³-hybridized carbons (Fsp3) is 0.818. The Hall–Kier alpha value is -1.34. The van der Waals surface area contributed by atoms with Crippen LogP contribution in [0.1, 0.15) is 13.8 Å². The van der Waals surface area contributed by atoms with E-state index in [0.29, 0.717) is 0 Å². The van der Waals surface area contributed by atoms with E-state index in [2.05, 4.69) is 5.32 Å². The van der Waals surface area contributed by atoms with Crippen LogP contribution in [0.2, 0.25) is 0 Å². The van der Waals surface area contributed by atoms with Crippen molar-refractivity contribution in [3.8, 4) is 0 Å². The van der Waals surface area contributed by atoms with Crippen LogP contribution < -0.4 is 5.32 Å². The third-order valence-electron chi connectivity index (χ3n) is 3.14. The van der Waals surface area contributed by atoms with Gasteiger partial charge in [-0.2, -0.15) is 0 Å². The summed E-state index contributed by atoms with van der Waals surface area (Å²) in [6, 6.07) is -0.461. The summed E-state index contributed by atoms with van der Waals surface area (Å²) < 4.78 is 0. The van der Waals surface area contributed by atoms with Crippen molar-refractivity contribution in [1.82, 2.24) is 10.2 Å². The molecule has 0 aromatic rings. The number of likely N-dealkylation sites (tertiary alicyclic amines) is 1. The van der Waals surface area contributed by atoms with E-state index in [1.165, 1.54) is 4.90 Å². The number of nitrogens with zero attached hydrogens (tertiary/aromatic N) is 1. The number of hydrogen-bond acceptors (Lipinski definition) is 4. The molecule has 104 valence electrons. The summed E-state index contributed by atoms with van der Waals surface area (Å²) in [4.78, 5) is 23.9. The van der Waals surface area contributed by atoms with Crippen molar-refractivity contribution in [3.05, 3.63) is 0 Å². The SMILES string of the molecule is CC(C)C(CNC(=O)N1CC(O)C(O)C1)C(=O)O. The monoisotopic (exact) mass is 260 g/mol. The first-order valence-corrected chi connectivity index (χ1v) is 5.94. The Kier molecular flexibility index (Phi) is 4.92. The Balaban J connectivity index is 2.44. The molecule has 0 aliphatic carbocycles. The molecule has 0 saturated carbocycles. The van der Waals surface area contributed by atoms with Gasteiger partial charge in [0.05, 0.1) is 31.2 Å². The van der Waals surface area contributed by atoms with Crippen LogP contribution in [-0.2, 0) is 4.79 Å². The molecule has 0 aromatic carbocycles. The number of aliphatic hydroxyl groups excluding tert-OH is 2. The average Bonchev–Trinajstić information content (AvgIpc) is 2.58. The quantitative estimate of drug-likeness (QED) is 0.523. The molecule has 1 fully saturated rings. The fourth-order valence-corrected chi connectivity index (χ4v) is 1.85. The van der Waals surface area contributed by atoms with Crippen LogP contribution in [0.4, 0.5) is 4.79 Å². The van der Waals surface area contributed by atoms with Crippen LogP contribution in [0.5, 0.6) is 0 Å². The number of carbonyl (C=O) groups is 2. The zero-order chi connectivity index (χ0) is 13.9. The van der Waals surface area contributed by atoms with Crippen LogP contribution in [-0.4, -0.2) is 64.1 Å². The number of carboxylic acids is 1. The van der Waals surface area contributed by atoms with Gasteiger partial charge in [0.2, 0.25) is 0 Å². The van der Waals surface area contributed by atoms with Crippen LogP contribution >= 0.6 is 0 Å². The van der Waals surface area contributed by atoms with Crippen LogP contribution in [0.25, 0.3) is 0 Å². The van der Waals surface area contributed by atoms with Gasteiger partial charge in [-0.1, -0.05) is 13.8 Å². The van der Waals surface area contributed by atoms with Gasteiger partial charge >= 0.3 is 12.0 Å². The molecule has 1 saturated heterocycles. The van der Waals surface area contributed by atoms with Crippen LogP contribution in [0.3, 0.4) is 0 Å². The first-order chi connectivity index (χ1) is 8.32. The molecule has 7 heteroatoms. The molecule has 0 radical (unpaired) electrons. The number of nitrogens with one attached hydrogen (secondary N) is 1. The maximum Gasteiger partial charge on any atom is 0.317 e. The minimum absolute atomic E-state index is 0.0362. The van der Waals surface area contributed by atoms with E-state index in [1.807, 2.05) is 0 Å². The summed E-state index contributed by atoms with van der Waals surface area (Å²) >= 11 is 0. The lowest BCUT2D eigenvalue weighted by atomic mass is 9.96. The van der Waals surface area contributed by atoms with E-state index < -0.39 is 30.1 Å². The summed E-state index contributed by atoms with van der Waals surface area (Å²) in [6.07, 6.45) is -1.87. The summed E-state index contributed by atoms with van der Waals surface area (Å²) in [5.41, 5.74) is 0. The molecule has 3 atom stereocenters. The molecular weight excluding hydrogens is 240 g/mol. The molecule has 4 N–H and O–H groups in total. The maximum absolute atomic E-state index is 11.7. The molecule has 1 aliphatic heterocycles. The van der Waals surface area contributed by atoms with Crippen molar-refractivity contribution < 1.29 is 24.9 Å². The van der Waals surface area contributed by atoms with E-state index >= 15 is 0 Å². The summed E-state index contributed by atoms with van der Waals surface area (Å²) in [5, 5.41) is 30.1. The van der Waals surface area contributed by atoms with Gasteiger partial charge in [0.15, 0.2) is 0 Å². The third-order valence-corrected chi connectivity index (χ3v) is 3.14. The van der Waals surface area contributed by atoms with E-state index in [9.17, 15) is 19.8 Å². The standard InChI is InChI=1S/C11H20N2O5/c1-6(2)7(10(16)17)3-12-11(18)13-4-8(14)9(15)5-13/h6-9,14-15H,3-5H2,1-2H3,(H,12,18)(H,16,17). The van der Waals surface area contributed by atoms with Gasteiger partial charge in [0.25, 0.3) is 0 Å². The zero-order valence-electron chi connectivity index (χ0n) is 10.5. The second-order valence-electron chi connectivity index (χ2n) is 4.91. The molecule has 1 rings (SSSR count). The highest BCUT2D eigenvalue weighted by Gasteiger charge is 2.33. The van der Waals surface area contributed by atoms with Gasteiger partial charge in [0, 0.05) is 6.54 Å². The molecule has 2 amide bonds. The Labute approximate surface area is 105 Å². The number of urea groups is 1. The van der Waals surface area contributed by atoms with Gasteiger partial charge in [0.1, 0.15) is 0 Å². The summed E-state index contributed by atoms with van der Waals surface area (Å²) in [7, 11) is 0. The van der Waals surface area contributed by atoms with Gasteiger partial charge in [-0.25, -0.2) is 4.79 Å². The lowest BCUT2D eigenvalue weighted by Gasteiger charge is -2.20. The molecule has 1 heterocycles. The van der Waals surface area contributed by atoms with Gasteiger partial charge < -0.3 is 25.5 Å². The van der Waals surface area contributed by atoms with E-state index in [0.717, 1.165) is 0 Å². The van der Waals surface area contributed by atoms with Gasteiger partial charge in [-0.05, 0) is 5.92 Å². The van der Waals surface area contributed by atoms with Crippen molar-refractivity contribution >= 4 is 12.0 Å². The number of carbonyl (C=O) groups excluding carboxylic acids is 1. The topological polar surface area (TPSA) is 110 Å². The smallest absolute Gasteiger partial charge is 0.317 e. The Morgan fingerprint density at radius 1 is 1.28 bits per heavy atom. The Bertz CT molecular complexity index is 311. The maximum atomic E-state index is 11.7. The fourth-order valence-electron chi connectivity index (χ4n) is 1.85. The molecule has 0 aromatic heterocycles. The number of aliphatic carboxylic acids is 1. The lowest BCUT2D eigenvalue weighted by Crippen LogP contribution is -2.43. The molecule has 7 nitrogen and oxygen atoms in total. The van der Waals surface area contributed by atoms with Crippen molar-refractivity contribution in [2.24, 2.45) is 11.8 Å². The van der Waals surface area contributed by atoms with Crippen LogP contribution in [0, 0.1) is 11.8 Å². The zero-order valence-corrected chi connectivity index (χ0v) is 10.5.